The molecule has 0 bridgehead atoms. The van der Waals surface area contributed by atoms with E-state index >= 15 is 0 Å². The molecule has 0 aliphatic carbocycles. The molecule has 1 aromatic heterocycles. The van der Waals surface area contributed by atoms with Crippen molar-refractivity contribution >= 4 is 22.5 Å². The molecule has 0 amide bonds. The Kier molecular flexibility index (Phi) is 2.91. The molecule has 0 saturated heterocycles. The van der Waals surface area contributed by atoms with Gasteiger partial charge in [0, 0.05) is 6.42 Å². The minimum Gasteiger partial charge on any atom is -0.477 e. The zero-order valence-corrected chi connectivity index (χ0v) is 9.74. The summed E-state index contributed by atoms with van der Waals surface area (Å²) in [7, 11) is 0. The van der Waals surface area contributed by atoms with Crippen molar-refractivity contribution in [3.8, 4) is 0 Å². The van der Waals surface area contributed by atoms with Crippen LogP contribution in [0, 0.1) is 0 Å². The number of hydrogen-bond donors (Lipinski definition) is 1. The van der Waals surface area contributed by atoms with E-state index in [-0.39, 0.29) is 0 Å². The van der Waals surface area contributed by atoms with Gasteiger partial charge in [0.25, 0.3) is 0 Å². The van der Waals surface area contributed by atoms with E-state index < -0.39 is 5.97 Å². The van der Waals surface area contributed by atoms with Gasteiger partial charge in [0.15, 0.2) is 0 Å². The van der Waals surface area contributed by atoms with E-state index in [0.29, 0.717) is 34.3 Å². The molecule has 68 valence electrons. The molecule has 0 aliphatic rings. The predicted molar refractivity (Wildman–Crippen MR) is 51.6 cm³/mol. The van der Waals surface area contributed by atoms with Gasteiger partial charge in [-0.3, -0.25) is 0 Å². The van der Waals surface area contributed by atoms with Crippen LogP contribution in [-0.2, 0) is 6.42 Å². The van der Waals surface area contributed by atoms with Crippen molar-refractivity contribution in [2.45, 2.75) is 13.3 Å². The van der Waals surface area contributed by atoms with Gasteiger partial charge in [-0.1, -0.05) is 12.2 Å². The fraction of sp³-hybridized carbons (Fsp3) is 0.250. The quantitative estimate of drug-likeness (QED) is 0.548. The molecule has 1 aromatic rings. The standard InChI is InChI=1S/C8H10N2O2.Al.2H/c1-5(2)3-6-7(8(11)12)10-4-9-6;;;/h4H,1,3H2,2H3,(H2,9,10,11,12);;;/q;+1;;/p-1. The van der Waals surface area contributed by atoms with E-state index in [1.165, 1.54) is 0 Å². The molecule has 0 aliphatic heterocycles. The first-order valence-electron chi connectivity index (χ1n) is 3.90. The highest BCUT2D eigenvalue weighted by Gasteiger charge is 2.14. The molecule has 0 spiro atoms. The number of imidazole rings is 1. The topological polar surface area (TPSA) is 55.1 Å². The molecular weight excluding hydrogens is 183 g/mol. The van der Waals surface area contributed by atoms with Gasteiger partial charge in [-0.15, -0.1) is 0 Å². The number of carboxylic acid groups (broad SMARTS) is 1. The van der Waals surface area contributed by atoms with E-state index in [1.807, 2.05) is 6.92 Å². The summed E-state index contributed by atoms with van der Waals surface area (Å²) in [5.74, 6) is -0.913. The van der Waals surface area contributed by atoms with Crippen LogP contribution in [0.4, 0.5) is 0 Å². The Labute approximate surface area is 84.5 Å². The number of carboxylic acids is 1. The number of aromatic nitrogens is 2. The van der Waals surface area contributed by atoms with Gasteiger partial charge < -0.3 is 8.66 Å². The van der Waals surface area contributed by atoms with Crippen LogP contribution in [0.5, 0.6) is 0 Å². The molecule has 0 unspecified atom stereocenters. The van der Waals surface area contributed by atoms with Gasteiger partial charge in [-0.25, -0.2) is 9.78 Å². The number of nitrogens with zero attached hydrogens (tertiary/aromatic N) is 2. The van der Waals surface area contributed by atoms with Crippen LogP contribution >= 0.6 is 0 Å². The van der Waals surface area contributed by atoms with Crippen molar-refractivity contribution in [3.05, 3.63) is 29.9 Å². The SMILES string of the molecule is C=C(C)Cc1nc[n]([AlH2])c1C(=O)O. The zero-order valence-electron chi connectivity index (χ0n) is 7.74. The van der Waals surface area contributed by atoms with Crippen molar-refractivity contribution in [3.63, 3.8) is 0 Å². The predicted octanol–water partition coefficient (Wildman–Crippen LogP) is 0.0961. The van der Waals surface area contributed by atoms with Crippen LogP contribution in [0.1, 0.15) is 23.1 Å². The number of rotatable bonds is 3. The number of carbonyl (C=O) groups is 1. The molecule has 0 atom stereocenters. The number of aromatic carboxylic acids is 1. The molecule has 5 heteroatoms. The smallest absolute Gasteiger partial charge is 0.372 e. The maximum absolute atomic E-state index is 10.8. The molecule has 0 saturated carbocycles. The molecule has 0 radical (unpaired) electrons. The normalized spacial score (nSPS) is 9.92. The van der Waals surface area contributed by atoms with Gasteiger partial charge in [-0.05, 0) is 6.92 Å². The average molecular weight is 194 g/mol. The minimum absolute atomic E-state index is 0.301. The highest BCUT2D eigenvalue weighted by atomic mass is 27.1. The fourth-order valence-electron chi connectivity index (χ4n) is 1.17. The van der Waals surface area contributed by atoms with Gasteiger partial charge in [-0.2, -0.15) is 0 Å². The van der Waals surface area contributed by atoms with Gasteiger partial charge in [0.05, 0.1) is 12.0 Å². The maximum atomic E-state index is 10.8. The first-order chi connectivity index (χ1) is 6.02. The first-order valence-corrected chi connectivity index (χ1v) is 4.79. The van der Waals surface area contributed by atoms with Crippen LogP contribution in [0.2, 0.25) is 0 Å². The minimum atomic E-state index is -0.913. The highest BCUT2D eigenvalue weighted by Crippen LogP contribution is 2.09. The second-order valence-corrected chi connectivity index (χ2v) is 4.05. The number of hydrogen-bond acceptors (Lipinski definition) is 2. The Bertz CT molecular complexity index is 357. The summed E-state index contributed by atoms with van der Waals surface area (Å²) in [5.41, 5.74) is 1.83. The van der Waals surface area contributed by atoms with E-state index in [1.54, 1.807) is 9.88 Å². The third-order valence-electron chi connectivity index (χ3n) is 1.68. The Morgan fingerprint density at radius 3 is 2.92 bits per heavy atom. The summed E-state index contributed by atoms with van der Waals surface area (Å²) in [6.45, 7) is 5.59. The van der Waals surface area contributed by atoms with Gasteiger partial charge >= 0.3 is 22.5 Å². The molecule has 13 heavy (non-hydrogen) atoms. The maximum Gasteiger partial charge on any atom is 0.372 e. The lowest BCUT2D eigenvalue weighted by molar-refractivity contribution is 0.0688. The second-order valence-electron chi connectivity index (χ2n) is 3.09. The third-order valence-corrected chi connectivity index (χ3v) is 2.36. The van der Waals surface area contributed by atoms with E-state index in [9.17, 15) is 4.79 Å². The van der Waals surface area contributed by atoms with Crippen LogP contribution in [0.25, 0.3) is 0 Å². The van der Waals surface area contributed by atoms with Crippen LogP contribution in [0.15, 0.2) is 18.5 Å². The lowest BCUT2D eigenvalue weighted by Gasteiger charge is -2.00. The molecule has 1 rings (SSSR count). The summed E-state index contributed by atoms with van der Waals surface area (Å²) in [5, 5.41) is 8.88. The van der Waals surface area contributed by atoms with E-state index in [2.05, 4.69) is 11.6 Å². The zero-order chi connectivity index (χ0) is 10.0. The van der Waals surface area contributed by atoms with Gasteiger partial charge in [0.1, 0.15) is 5.69 Å². The summed E-state index contributed by atoms with van der Waals surface area (Å²) in [6.07, 6.45) is 2.10. The lowest BCUT2D eigenvalue weighted by Crippen LogP contribution is -2.08. The number of allylic oxidation sites excluding steroid dienone is 1. The Morgan fingerprint density at radius 2 is 2.46 bits per heavy atom. The molecule has 1 heterocycles. The molecule has 0 fully saturated rings. The van der Waals surface area contributed by atoms with Crippen molar-refractivity contribution in [2.75, 3.05) is 0 Å². The summed E-state index contributed by atoms with van der Waals surface area (Å²) < 4.78 is 1.64. The largest absolute Gasteiger partial charge is 0.477 e. The van der Waals surface area contributed by atoms with Crippen molar-refractivity contribution < 1.29 is 9.90 Å². The Balaban J connectivity index is 3.07. The average Bonchev–Trinajstić information content (AvgIpc) is 2.30. The van der Waals surface area contributed by atoms with Crippen molar-refractivity contribution in [1.82, 2.24) is 8.53 Å². The fourth-order valence-corrected chi connectivity index (χ4v) is 1.73. The van der Waals surface area contributed by atoms with Crippen LogP contribution in [-0.4, -0.2) is 36.1 Å². The molecule has 1 N–H and O–H groups in total. The third kappa shape index (κ3) is 2.20. The lowest BCUT2D eigenvalue weighted by atomic mass is 10.1. The second kappa shape index (κ2) is 3.77. The van der Waals surface area contributed by atoms with Crippen LogP contribution < -0.4 is 0 Å². The summed E-state index contributed by atoms with van der Waals surface area (Å²) >= 11 is 0.638. The van der Waals surface area contributed by atoms with Gasteiger partial charge in [0.2, 0.25) is 0 Å². The molecular formula is C8H11AlN2O2. The van der Waals surface area contributed by atoms with Crippen molar-refractivity contribution in [1.29, 1.82) is 0 Å². The highest BCUT2D eigenvalue weighted by molar-refractivity contribution is 6.10. The Morgan fingerprint density at radius 1 is 1.85 bits per heavy atom. The Hall–Kier alpha value is -1.05. The van der Waals surface area contributed by atoms with Crippen molar-refractivity contribution in [2.24, 2.45) is 0 Å². The monoisotopic (exact) mass is 194 g/mol. The molecule has 0 aromatic carbocycles. The van der Waals surface area contributed by atoms with E-state index in [0.717, 1.165) is 5.57 Å². The first kappa shape index (κ1) is 10.0. The summed E-state index contributed by atoms with van der Waals surface area (Å²) in [6, 6.07) is 0. The summed E-state index contributed by atoms with van der Waals surface area (Å²) in [4.78, 5) is 14.9. The van der Waals surface area contributed by atoms with Crippen LogP contribution in [0.3, 0.4) is 0 Å². The molecule has 4 nitrogen and oxygen atoms in total. The van der Waals surface area contributed by atoms with E-state index in [4.69, 9.17) is 5.11 Å².